The van der Waals surface area contributed by atoms with Gasteiger partial charge in [-0.2, -0.15) is 0 Å². The van der Waals surface area contributed by atoms with Crippen LogP contribution >= 0.6 is 0 Å². The SMILES string of the molecule is CCCCCCCCC(CCCCCC)C(=O)OCCCCCCC(CCCCCC(CCCN(C)C)OC(=O)C(CCCCCC)CCCCCCCC)OC(=O)NCCCN(C)C. The molecule has 0 spiro atoms. The van der Waals surface area contributed by atoms with E-state index in [1.807, 2.05) is 14.1 Å². The monoisotopic (exact) mass is 922 g/mol. The summed E-state index contributed by atoms with van der Waals surface area (Å²) in [6.07, 6.45) is 40.1. The number of hydrogen-bond donors (Lipinski definition) is 1. The Bertz CT molecular complexity index is 1060. The molecule has 0 aliphatic heterocycles. The molecule has 0 heterocycles. The van der Waals surface area contributed by atoms with E-state index in [2.05, 4.69) is 56.9 Å². The predicted molar refractivity (Wildman–Crippen MR) is 277 cm³/mol. The van der Waals surface area contributed by atoms with Crippen LogP contribution in [0.4, 0.5) is 4.79 Å². The molecule has 386 valence electrons. The quantitative estimate of drug-likeness (QED) is 0.0366. The number of amides is 1. The summed E-state index contributed by atoms with van der Waals surface area (Å²) < 4.78 is 18.3. The summed E-state index contributed by atoms with van der Waals surface area (Å²) in [5.74, 6) is 0.127. The lowest BCUT2D eigenvalue weighted by atomic mass is 9.94. The Morgan fingerprint density at radius 1 is 0.385 bits per heavy atom. The Balaban J connectivity index is 5.18. The Morgan fingerprint density at radius 3 is 1.18 bits per heavy atom. The molecule has 9 heteroatoms. The molecule has 0 aromatic rings. The van der Waals surface area contributed by atoms with Crippen molar-refractivity contribution in [1.82, 2.24) is 15.1 Å². The van der Waals surface area contributed by atoms with Crippen LogP contribution in [0.3, 0.4) is 0 Å². The lowest BCUT2D eigenvalue weighted by molar-refractivity contribution is -0.155. The average Bonchev–Trinajstić information content (AvgIpc) is 3.27. The maximum atomic E-state index is 13.7. The highest BCUT2D eigenvalue weighted by Gasteiger charge is 2.24. The van der Waals surface area contributed by atoms with Crippen LogP contribution in [0.2, 0.25) is 0 Å². The number of unbranched alkanes of at least 4 members (excludes halogenated alkanes) is 21. The molecular weight excluding hydrogens is 811 g/mol. The molecule has 0 aromatic carbocycles. The van der Waals surface area contributed by atoms with Crippen molar-refractivity contribution in [1.29, 1.82) is 0 Å². The number of carbonyl (C=O) groups excluding carboxylic acids is 3. The number of hydrogen-bond acceptors (Lipinski definition) is 8. The number of nitrogens with zero attached hydrogens (tertiary/aromatic N) is 2. The van der Waals surface area contributed by atoms with Gasteiger partial charge in [0.2, 0.25) is 0 Å². The normalized spacial score (nSPS) is 13.5. The van der Waals surface area contributed by atoms with Gasteiger partial charge in [0.05, 0.1) is 18.4 Å². The predicted octanol–water partition coefficient (Wildman–Crippen LogP) is 15.4. The van der Waals surface area contributed by atoms with Gasteiger partial charge < -0.3 is 29.3 Å². The zero-order chi connectivity index (χ0) is 48.0. The standard InChI is InChI=1S/C56H111N3O6/c1-9-13-17-21-23-30-39-50(38-28-19-15-11-3)54(60)63-49-35-26-25-32-43-53(65-56(62)57-46-37-48-59(7)8)44-34-27-33-42-52(45-36-47-58(5)6)64-55(61)51(40-29-20-16-12-4)41-31-24-22-18-14-10-2/h50-53H,9-49H2,1-8H3,(H,57,62). The zero-order valence-corrected chi connectivity index (χ0v) is 44.6. The number of rotatable bonds is 49. The number of carbonyl (C=O) groups is 3. The van der Waals surface area contributed by atoms with Gasteiger partial charge in [0.15, 0.2) is 0 Å². The van der Waals surface area contributed by atoms with Crippen LogP contribution in [0.5, 0.6) is 0 Å². The Labute approximate surface area is 404 Å². The van der Waals surface area contributed by atoms with Gasteiger partial charge in [-0.05, 0) is 131 Å². The van der Waals surface area contributed by atoms with E-state index in [0.717, 1.165) is 148 Å². The van der Waals surface area contributed by atoms with Crippen molar-refractivity contribution < 1.29 is 28.6 Å². The summed E-state index contributed by atoms with van der Waals surface area (Å²) in [5.41, 5.74) is 0. The fourth-order valence-corrected chi connectivity index (χ4v) is 8.98. The summed E-state index contributed by atoms with van der Waals surface area (Å²) >= 11 is 0. The van der Waals surface area contributed by atoms with Crippen LogP contribution < -0.4 is 5.32 Å². The minimum absolute atomic E-state index is 0.0173. The third kappa shape index (κ3) is 42.0. The van der Waals surface area contributed by atoms with E-state index in [1.165, 1.54) is 103 Å². The summed E-state index contributed by atoms with van der Waals surface area (Å²) in [6.45, 7) is 12.0. The van der Waals surface area contributed by atoms with Crippen molar-refractivity contribution in [3.63, 3.8) is 0 Å². The van der Waals surface area contributed by atoms with Crippen molar-refractivity contribution in [2.24, 2.45) is 11.8 Å². The molecule has 0 aliphatic carbocycles. The highest BCUT2D eigenvalue weighted by molar-refractivity contribution is 5.73. The second-order valence-corrected chi connectivity index (χ2v) is 20.3. The van der Waals surface area contributed by atoms with E-state index in [-0.39, 0.29) is 42.1 Å². The molecule has 0 saturated heterocycles. The van der Waals surface area contributed by atoms with E-state index in [4.69, 9.17) is 14.2 Å². The molecule has 65 heavy (non-hydrogen) atoms. The first kappa shape index (κ1) is 63.1. The highest BCUT2D eigenvalue weighted by Crippen LogP contribution is 2.25. The molecule has 0 bridgehead atoms. The lowest BCUT2D eigenvalue weighted by Gasteiger charge is -2.23. The first-order chi connectivity index (χ1) is 31.6. The lowest BCUT2D eigenvalue weighted by Crippen LogP contribution is -2.31. The Morgan fingerprint density at radius 2 is 0.723 bits per heavy atom. The summed E-state index contributed by atoms with van der Waals surface area (Å²) in [5, 5.41) is 2.97. The van der Waals surface area contributed by atoms with Crippen molar-refractivity contribution >= 4 is 18.0 Å². The average molecular weight is 923 g/mol. The van der Waals surface area contributed by atoms with E-state index in [1.54, 1.807) is 0 Å². The molecule has 0 fully saturated rings. The van der Waals surface area contributed by atoms with E-state index in [9.17, 15) is 14.4 Å². The molecular formula is C56H111N3O6. The van der Waals surface area contributed by atoms with Crippen LogP contribution in [-0.2, 0) is 23.8 Å². The Kier molecular flexibility index (Phi) is 45.8. The van der Waals surface area contributed by atoms with Crippen molar-refractivity contribution in [3.8, 4) is 0 Å². The largest absolute Gasteiger partial charge is 0.465 e. The number of alkyl carbamates (subject to hydrolysis) is 1. The second-order valence-electron chi connectivity index (χ2n) is 20.3. The van der Waals surface area contributed by atoms with Crippen LogP contribution in [0, 0.1) is 11.8 Å². The van der Waals surface area contributed by atoms with Crippen molar-refractivity contribution in [2.75, 3.05) is 54.4 Å². The van der Waals surface area contributed by atoms with Crippen LogP contribution in [-0.4, -0.2) is 94.5 Å². The molecule has 0 rings (SSSR count). The van der Waals surface area contributed by atoms with Crippen molar-refractivity contribution in [2.45, 2.75) is 277 Å². The fraction of sp³-hybridized carbons (Fsp3) is 0.946. The van der Waals surface area contributed by atoms with Crippen LogP contribution in [0.1, 0.15) is 265 Å². The maximum Gasteiger partial charge on any atom is 0.407 e. The molecule has 4 atom stereocenters. The molecule has 9 nitrogen and oxygen atoms in total. The van der Waals surface area contributed by atoms with Crippen molar-refractivity contribution in [3.05, 3.63) is 0 Å². The summed E-state index contributed by atoms with van der Waals surface area (Å²) in [7, 11) is 8.30. The number of nitrogens with one attached hydrogen (secondary N) is 1. The smallest absolute Gasteiger partial charge is 0.407 e. The van der Waals surface area contributed by atoms with E-state index < -0.39 is 0 Å². The zero-order valence-electron chi connectivity index (χ0n) is 44.6. The summed E-state index contributed by atoms with van der Waals surface area (Å²) in [6, 6.07) is 0. The van der Waals surface area contributed by atoms with Crippen LogP contribution in [0.15, 0.2) is 0 Å². The fourth-order valence-electron chi connectivity index (χ4n) is 8.98. The first-order valence-electron chi connectivity index (χ1n) is 28.2. The summed E-state index contributed by atoms with van der Waals surface area (Å²) in [4.78, 5) is 44.1. The van der Waals surface area contributed by atoms with E-state index in [0.29, 0.717) is 13.2 Å². The minimum atomic E-state index is -0.316. The molecule has 1 N–H and O–H groups in total. The highest BCUT2D eigenvalue weighted by atomic mass is 16.6. The van der Waals surface area contributed by atoms with Gasteiger partial charge in [0, 0.05) is 6.54 Å². The Hall–Kier alpha value is -1.87. The topological polar surface area (TPSA) is 97.4 Å². The molecule has 0 aliphatic rings. The number of ether oxygens (including phenoxy) is 3. The molecule has 0 saturated carbocycles. The third-order valence-electron chi connectivity index (χ3n) is 13.2. The molecule has 0 radical (unpaired) electrons. The number of esters is 2. The van der Waals surface area contributed by atoms with Gasteiger partial charge in [0.25, 0.3) is 0 Å². The molecule has 4 unspecified atom stereocenters. The third-order valence-corrected chi connectivity index (χ3v) is 13.2. The van der Waals surface area contributed by atoms with Gasteiger partial charge >= 0.3 is 18.0 Å². The first-order valence-corrected chi connectivity index (χ1v) is 28.2. The molecule has 1 amide bonds. The van der Waals surface area contributed by atoms with Gasteiger partial charge in [-0.15, -0.1) is 0 Å². The second kappa shape index (κ2) is 47.2. The van der Waals surface area contributed by atoms with Gasteiger partial charge in [-0.25, -0.2) is 4.79 Å². The molecule has 0 aromatic heterocycles. The van der Waals surface area contributed by atoms with E-state index >= 15 is 0 Å². The maximum absolute atomic E-state index is 13.7. The minimum Gasteiger partial charge on any atom is -0.465 e. The van der Waals surface area contributed by atoms with Crippen LogP contribution in [0.25, 0.3) is 0 Å². The van der Waals surface area contributed by atoms with Gasteiger partial charge in [-0.1, -0.05) is 175 Å². The van der Waals surface area contributed by atoms with Gasteiger partial charge in [0.1, 0.15) is 12.2 Å². The van der Waals surface area contributed by atoms with Gasteiger partial charge in [-0.3, -0.25) is 9.59 Å².